The number of amides is 3. The average molecular weight is 1080 g/mol. The predicted octanol–water partition coefficient (Wildman–Crippen LogP) is 9.09. The maximum atomic E-state index is 13.6. The first-order valence-corrected chi connectivity index (χ1v) is 28.6. The van der Waals surface area contributed by atoms with Crippen LogP contribution in [0.1, 0.15) is 230 Å². The number of hydrogen-bond acceptors (Lipinski definition) is 13. The van der Waals surface area contributed by atoms with E-state index in [4.69, 9.17) is 18.9 Å². The van der Waals surface area contributed by atoms with Gasteiger partial charge < -0.3 is 55.3 Å². The molecule has 0 spiro atoms. The van der Waals surface area contributed by atoms with Crippen LogP contribution in [0, 0.1) is 0 Å². The third-order valence-corrected chi connectivity index (χ3v) is 13.5. The van der Waals surface area contributed by atoms with Gasteiger partial charge in [0.05, 0.1) is 18.9 Å². The molecule has 6 atom stereocenters. The summed E-state index contributed by atoms with van der Waals surface area (Å²) in [6, 6.07) is 5.78. The van der Waals surface area contributed by atoms with Gasteiger partial charge in [0.2, 0.25) is 11.8 Å². The zero-order chi connectivity index (χ0) is 55.8. The highest BCUT2D eigenvalue weighted by molar-refractivity contribution is 5.94. The van der Waals surface area contributed by atoms with Crippen molar-refractivity contribution in [3.8, 4) is 0 Å². The number of aliphatic hydroxyl groups is 1. The lowest BCUT2D eigenvalue weighted by Crippen LogP contribution is -2.66. The van der Waals surface area contributed by atoms with E-state index in [9.17, 15) is 58.8 Å². The second-order valence-corrected chi connectivity index (χ2v) is 20.2. The van der Waals surface area contributed by atoms with Gasteiger partial charge in [0.1, 0.15) is 30.9 Å². The molecule has 0 saturated carbocycles. The van der Waals surface area contributed by atoms with Crippen LogP contribution in [0.15, 0.2) is 30.3 Å². The highest BCUT2D eigenvalue weighted by Crippen LogP contribution is 2.29. The van der Waals surface area contributed by atoms with E-state index in [1.807, 2.05) is 0 Å². The van der Waals surface area contributed by atoms with Gasteiger partial charge in [-0.3, -0.25) is 33.6 Å². The van der Waals surface area contributed by atoms with Crippen LogP contribution in [0.4, 0.5) is 0 Å². The number of aliphatic hydroxyl groups excluding tert-OH is 1. The van der Waals surface area contributed by atoms with E-state index in [1.165, 1.54) is 64.2 Å². The van der Waals surface area contributed by atoms with Crippen LogP contribution in [0.2, 0.25) is 0 Å². The molecule has 19 heteroatoms. The van der Waals surface area contributed by atoms with Crippen molar-refractivity contribution in [1.29, 1.82) is 0 Å². The number of rotatable bonds is 46. The summed E-state index contributed by atoms with van der Waals surface area (Å²) in [5.74, 6) is -7.15. The van der Waals surface area contributed by atoms with Gasteiger partial charge in [-0.1, -0.05) is 167 Å². The van der Waals surface area contributed by atoms with Gasteiger partial charge in [-0.05, 0) is 44.2 Å². The first-order valence-electron chi connectivity index (χ1n) is 28.6. The molecule has 0 aliphatic carbocycles. The Morgan fingerprint density at radius 1 is 0.592 bits per heavy atom. The first kappa shape index (κ1) is 67.0. The predicted molar refractivity (Wildman–Crippen MR) is 285 cm³/mol. The normalized spacial score (nSPS) is 17.6. The minimum atomic E-state index is -1.80. The molecular weight excluding hydrogens is 983 g/mol. The lowest BCUT2D eigenvalue weighted by atomic mass is 9.95. The monoisotopic (exact) mass is 1080 g/mol. The summed E-state index contributed by atoms with van der Waals surface area (Å²) in [5.41, 5.74) is 0.519. The first-order chi connectivity index (χ1) is 36.6. The number of aliphatic carboxylic acids is 3. The lowest BCUT2D eigenvalue weighted by Gasteiger charge is -2.44. The fraction of sp³-hybridized carbons (Fsp3) is 0.754. The standard InChI is InChI=1S/C57H93N3O16/c1-3-5-7-9-11-13-15-17-19-21-27-34-47(62)60-52-54(76-51(69)35-29-22-20-18-16-14-12-10-8-6-4-2)53(70)45(75-57(52)74-43(39-49(65)66)40-50(67)68)41-73-56(72)44(36-37-48(63)64)59-46(61)33-28-24-30-38-58-55(71)42-31-25-23-26-32-42/h23,25-26,31-32,43-45,52-54,57,70H,3-22,24,27-30,33-41H2,1-2H3,(H,58,71)(H,59,61)(H,60,62)(H,63,64)(H,65,66)(H,67,68)/t44-,45-,52-,53-,54-,57+/m1/s1. The Labute approximate surface area is 451 Å². The quantitative estimate of drug-likeness (QED) is 0.0237. The molecule has 0 unspecified atom stereocenters. The van der Waals surface area contributed by atoms with E-state index in [0.29, 0.717) is 44.2 Å². The molecule has 1 aromatic carbocycles. The molecule has 1 aromatic rings. The molecule has 1 aliphatic rings. The van der Waals surface area contributed by atoms with E-state index < -0.39 is 110 Å². The minimum absolute atomic E-state index is 0.0284. The number of hydrogen-bond donors (Lipinski definition) is 7. The van der Waals surface area contributed by atoms with E-state index in [-0.39, 0.29) is 31.6 Å². The molecule has 3 amide bonds. The SMILES string of the molecule is CCCCCCCCCCCCCC(=O)N[C@H]1[C@@H](OC(CC(=O)O)CC(=O)O)O[C@H](COC(=O)[C@@H](CCC(=O)O)NC(=O)CCCCCNC(=O)c2ccccc2)[C@@H](O)[C@@H]1OC(=O)CCCCCCCCCCCCC. The summed E-state index contributed by atoms with van der Waals surface area (Å²) in [6.45, 7) is 3.97. The van der Waals surface area contributed by atoms with Crippen molar-refractivity contribution >= 4 is 47.6 Å². The fourth-order valence-electron chi connectivity index (χ4n) is 9.09. The molecule has 7 N–H and O–H groups in total. The van der Waals surface area contributed by atoms with Gasteiger partial charge in [-0.25, -0.2) is 4.79 Å². The van der Waals surface area contributed by atoms with Crippen molar-refractivity contribution in [1.82, 2.24) is 16.0 Å². The summed E-state index contributed by atoms with van der Waals surface area (Å²) in [5, 5.41) is 48.8. The molecule has 76 heavy (non-hydrogen) atoms. The van der Waals surface area contributed by atoms with Gasteiger partial charge >= 0.3 is 29.8 Å². The molecule has 0 bridgehead atoms. The third-order valence-electron chi connectivity index (χ3n) is 13.5. The van der Waals surface area contributed by atoms with Gasteiger partial charge in [-0.15, -0.1) is 0 Å². The van der Waals surface area contributed by atoms with Crippen LogP contribution in [0.25, 0.3) is 0 Å². The van der Waals surface area contributed by atoms with Gasteiger partial charge in [0, 0.05) is 37.8 Å². The largest absolute Gasteiger partial charge is 0.481 e. The number of carbonyl (C=O) groups excluding carboxylic acids is 5. The maximum absolute atomic E-state index is 13.6. The minimum Gasteiger partial charge on any atom is -0.481 e. The van der Waals surface area contributed by atoms with Crippen molar-refractivity contribution in [2.24, 2.45) is 0 Å². The van der Waals surface area contributed by atoms with Crippen LogP contribution < -0.4 is 16.0 Å². The van der Waals surface area contributed by atoms with E-state index in [0.717, 1.165) is 64.2 Å². The molecule has 0 aromatic heterocycles. The number of esters is 2. The molecule has 19 nitrogen and oxygen atoms in total. The zero-order valence-electron chi connectivity index (χ0n) is 45.7. The molecular formula is C57H93N3O16. The Kier molecular flexibility index (Phi) is 37.0. The molecule has 1 heterocycles. The van der Waals surface area contributed by atoms with Crippen LogP contribution in [0.3, 0.4) is 0 Å². The second kappa shape index (κ2) is 42.0. The van der Waals surface area contributed by atoms with Crippen LogP contribution >= 0.6 is 0 Å². The second-order valence-electron chi connectivity index (χ2n) is 20.2. The van der Waals surface area contributed by atoms with Crippen LogP contribution in [-0.2, 0) is 52.5 Å². The van der Waals surface area contributed by atoms with Crippen molar-refractivity contribution in [2.75, 3.05) is 13.2 Å². The van der Waals surface area contributed by atoms with Crippen LogP contribution in [-0.4, -0.2) is 124 Å². The molecule has 1 fully saturated rings. The van der Waals surface area contributed by atoms with Crippen molar-refractivity contribution in [2.45, 2.75) is 262 Å². The fourth-order valence-corrected chi connectivity index (χ4v) is 9.09. The number of carboxylic acid groups (broad SMARTS) is 3. The van der Waals surface area contributed by atoms with Crippen molar-refractivity contribution in [3.63, 3.8) is 0 Å². The Bertz CT molecular complexity index is 1800. The molecule has 0 radical (unpaired) electrons. The molecule has 2 rings (SSSR count). The van der Waals surface area contributed by atoms with Gasteiger partial charge in [0.15, 0.2) is 12.4 Å². The van der Waals surface area contributed by atoms with Crippen molar-refractivity contribution < 1.29 is 77.7 Å². The Hall–Kier alpha value is -5.14. The summed E-state index contributed by atoms with van der Waals surface area (Å²) >= 11 is 0. The highest BCUT2D eigenvalue weighted by Gasteiger charge is 2.50. The third kappa shape index (κ3) is 31.8. The lowest BCUT2D eigenvalue weighted by molar-refractivity contribution is -0.286. The van der Waals surface area contributed by atoms with E-state index >= 15 is 0 Å². The molecule has 432 valence electrons. The average Bonchev–Trinajstić information content (AvgIpc) is 3.38. The molecule has 1 aliphatic heterocycles. The van der Waals surface area contributed by atoms with E-state index in [2.05, 4.69) is 29.8 Å². The zero-order valence-corrected chi connectivity index (χ0v) is 45.7. The number of unbranched alkanes of at least 4 members (excludes halogenated alkanes) is 22. The number of ether oxygens (including phenoxy) is 4. The Balaban J connectivity index is 2.23. The summed E-state index contributed by atoms with van der Waals surface area (Å²) < 4.78 is 23.5. The number of carbonyl (C=O) groups is 8. The number of benzene rings is 1. The Morgan fingerprint density at radius 3 is 1.59 bits per heavy atom. The topological polar surface area (TPSA) is 290 Å². The smallest absolute Gasteiger partial charge is 0.328 e. The highest BCUT2D eigenvalue weighted by atomic mass is 16.7. The number of carboxylic acids is 3. The van der Waals surface area contributed by atoms with Gasteiger partial charge in [-0.2, -0.15) is 0 Å². The summed E-state index contributed by atoms with van der Waals surface area (Å²) in [6.07, 6.45) is 13.8. The van der Waals surface area contributed by atoms with Gasteiger partial charge in [0.25, 0.3) is 5.91 Å². The van der Waals surface area contributed by atoms with Crippen LogP contribution in [0.5, 0.6) is 0 Å². The Morgan fingerprint density at radius 2 is 1.08 bits per heavy atom. The summed E-state index contributed by atoms with van der Waals surface area (Å²) in [7, 11) is 0. The summed E-state index contributed by atoms with van der Waals surface area (Å²) in [4.78, 5) is 102. The molecule has 1 saturated heterocycles. The van der Waals surface area contributed by atoms with Crippen molar-refractivity contribution in [3.05, 3.63) is 35.9 Å². The van der Waals surface area contributed by atoms with E-state index in [1.54, 1.807) is 30.3 Å². The number of nitrogens with one attached hydrogen (secondary N) is 3. The maximum Gasteiger partial charge on any atom is 0.328 e.